The summed E-state index contributed by atoms with van der Waals surface area (Å²) in [6.07, 6.45) is -0.665. The van der Waals surface area contributed by atoms with Crippen molar-refractivity contribution in [1.29, 1.82) is 0 Å². The number of rotatable bonds is 8. The van der Waals surface area contributed by atoms with E-state index >= 15 is 4.39 Å². The van der Waals surface area contributed by atoms with E-state index in [1.807, 2.05) is 0 Å². The van der Waals surface area contributed by atoms with Gasteiger partial charge in [0.2, 0.25) is 11.8 Å². The molecule has 1 saturated carbocycles. The Morgan fingerprint density at radius 3 is 2.77 bits per heavy atom. The lowest BCUT2D eigenvalue weighted by Crippen LogP contribution is -2.54. The lowest BCUT2D eigenvalue weighted by atomic mass is 9.66. The van der Waals surface area contributed by atoms with Crippen LogP contribution in [0.1, 0.15) is 67.6 Å². The number of halogens is 4. The number of aliphatic carboxylic acids is 1. The van der Waals surface area contributed by atoms with Gasteiger partial charge >= 0.3 is 5.97 Å². The summed E-state index contributed by atoms with van der Waals surface area (Å²) in [5.41, 5.74) is -1.28. The highest BCUT2D eigenvalue weighted by atomic mass is 35.5. The first-order chi connectivity index (χ1) is 20.4. The molecule has 43 heavy (non-hydrogen) atoms. The molecule has 3 heterocycles. The summed E-state index contributed by atoms with van der Waals surface area (Å²) in [6, 6.07) is 0.107. The monoisotopic (exact) mass is 627 g/mol. The molecule has 3 aliphatic rings. The summed E-state index contributed by atoms with van der Waals surface area (Å²) in [5, 5.41) is 17.6. The van der Waals surface area contributed by atoms with E-state index in [0.717, 1.165) is 10.7 Å². The molecule has 1 aliphatic carbocycles. The fourth-order valence-corrected chi connectivity index (χ4v) is 6.76. The standard InChI is InChI=1S/C28H33ClF3N5O6/c1-28(27(40)41)7-4-3-5-16(28)26(39)37-8-6-15-17(29)11-18(30)24(43-13-19-23(25(31)32)35(2)34-33-19)22(15)20(37)12-36-9-10-42-14-21(36)38/h11,16,20,25H,3-10,12-14H2,1-2H3,(H,40,41)/t16?,20-,28?/m1/s1. The van der Waals surface area contributed by atoms with Gasteiger partial charge in [-0.1, -0.05) is 29.7 Å². The van der Waals surface area contributed by atoms with Crippen LogP contribution >= 0.6 is 11.6 Å². The predicted molar refractivity (Wildman–Crippen MR) is 145 cm³/mol. The van der Waals surface area contributed by atoms with Crippen LogP contribution in [0.3, 0.4) is 0 Å². The number of morpholine rings is 1. The molecular weight excluding hydrogens is 595 g/mol. The number of alkyl halides is 2. The third-order valence-corrected chi connectivity index (χ3v) is 9.24. The van der Waals surface area contributed by atoms with E-state index in [9.17, 15) is 28.3 Å². The van der Waals surface area contributed by atoms with E-state index in [0.29, 0.717) is 31.2 Å². The van der Waals surface area contributed by atoms with Crippen molar-refractivity contribution >= 4 is 29.4 Å². The zero-order chi connectivity index (χ0) is 31.1. The van der Waals surface area contributed by atoms with Crippen LogP contribution in [0.5, 0.6) is 5.75 Å². The fourth-order valence-electron chi connectivity index (χ4n) is 6.46. The van der Waals surface area contributed by atoms with Crippen molar-refractivity contribution < 1.29 is 42.1 Å². The molecule has 2 amide bonds. The second-order valence-electron chi connectivity index (χ2n) is 11.4. The fraction of sp³-hybridized carbons (Fsp3) is 0.607. The Bertz CT molecular complexity index is 1420. The number of benzene rings is 1. The highest BCUT2D eigenvalue weighted by Gasteiger charge is 2.50. The second kappa shape index (κ2) is 12.3. The number of fused-ring (bicyclic) bond motifs is 1. The number of carbonyl (C=O) groups excluding carboxylic acids is 2. The van der Waals surface area contributed by atoms with Gasteiger partial charge in [0.15, 0.2) is 11.6 Å². The largest absolute Gasteiger partial charge is 0.484 e. The first-order valence-corrected chi connectivity index (χ1v) is 14.5. The van der Waals surface area contributed by atoms with E-state index in [2.05, 4.69) is 10.3 Å². The van der Waals surface area contributed by atoms with Gasteiger partial charge < -0.3 is 24.4 Å². The van der Waals surface area contributed by atoms with Crippen LogP contribution in [-0.2, 0) is 39.2 Å². The number of carboxylic acids is 1. The Kier molecular flexibility index (Phi) is 8.89. The first-order valence-electron chi connectivity index (χ1n) is 14.1. The minimum atomic E-state index is -2.91. The van der Waals surface area contributed by atoms with Crippen molar-refractivity contribution in [3.8, 4) is 5.75 Å². The third kappa shape index (κ3) is 5.78. The molecule has 2 fully saturated rings. The van der Waals surface area contributed by atoms with Gasteiger partial charge in [-0.2, -0.15) is 0 Å². The number of carbonyl (C=O) groups is 3. The van der Waals surface area contributed by atoms with Gasteiger partial charge in [0.05, 0.1) is 24.0 Å². The molecule has 5 rings (SSSR count). The van der Waals surface area contributed by atoms with Crippen molar-refractivity contribution in [2.24, 2.45) is 18.4 Å². The van der Waals surface area contributed by atoms with Gasteiger partial charge in [-0.05, 0) is 37.8 Å². The number of hydrogen-bond acceptors (Lipinski definition) is 7. The van der Waals surface area contributed by atoms with E-state index < -0.39 is 53.8 Å². The van der Waals surface area contributed by atoms with Crippen LogP contribution in [0.4, 0.5) is 13.2 Å². The molecule has 0 radical (unpaired) electrons. The number of amides is 2. The van der Waals surface area contributed by atoms with Gasteiger partial charge in [-0.25, -0.2) is 17.9 Å². The zero-order valence-electron chi connectivity index (χ0n) is 23.8. The topological polar surface area (TPSA) is 127 Å². The SMILES string of the molecule is Cn1nnc(COc2c(F)cc(Cl)c3c2[C@@H](CN2CCOCC2=O)N(C(=O)C2CCCCC2(C)C(=O)O)CC3)c1C(F)F. The van der Waals surface area contributed by atoms with Crippen LogP contribution < -0.4 is 4.74 Å². The number of ether oxygens (including phenoxy) is 2. The lowest BCUT2D eigenvalue weighted by Gasteiger charge is -2.45. The minimum absolute atomic E-state index is 0.0546. The number of hydrogen-bond donors (Lipinski definition) is 1. The molecule has 0 bridgehead atoms. The van der Waals surface area contributed by atoms with E-state index in [4.69, 9.17) is 21.1 Å². The summed E-state index contributed by atoms with van der Waals surface area (Å²) in [4.78, 5) is 42.4. The van der Waals surface area contributed by atoms with Crippen LogP contribution in [0.25, 0.3) is 0 Å². The molecule has 15 heteroatoms. The molecule has 1 saturated heterocycles. The Morgan fingerprint density at radius 1 is 1.30 bits per heavy atom. The van der Waals surface area contributed by atoms with Crippen LogP contribution in [0.15, 0.2) is 6.07 Å². The quantitative estimate of drug-likeness (QED) is 0.470. The highest BCUT2D eigenvalue weighted by Crippen LogP contribution is 2.47. The zero-order valence-corrected chi connectivity index (χ0v) is 24.6. The number of carboxylic acid groups (broad SMARTS) is 1. The Balaban J connectivity index is 1.58. The molecule has 3 atom stereocenters. The molecule has 0 spiro atoms. The molecule has 1 aromatic carbocycles. The number of nitrogens with zero attached hydrogens (tertiary/aromatic N) is 5. The second-order valence-corrected chi connectivity index (χ2v) is 11.8. The average Bonchev–Trinajstić information content (AvgIpc) is 3.34. The smallest absolute Gasteiger partial charge is 0.310 e. The van der Waals surface area contributed by atoms with Gasteiger partial charge in [-0.3, -0.25) is 14.4 Å². The molecule has 2 aromatic rings. The van der Waals surface area contributed by atoms with Crippen LogP contribution in [0.2, 0.25) is 5.02 Å². The molecule has 1 N–H and O–H groups in total. The van der Waals surface area contributed by atoms with Crippen molar-refractivity contribution in [2.75, 3.05) is 32.8 Å². The van der Waals surface area contributed by atoms with Crippen LogP contribution in [0, 0.1) is 17.2 Å². The molecule has 1 aromatic heterocycles. The van der Waals surface area contributed by atoms with Crippen molar-refractivity contribution in [2.45, 2.75) is 58.1 Å². The molecule has 234 valence electrons. The normalized spacial score (nSPS) is 24.3. The molecule has 2 aliphatic heterocycles. The first kappa shape index (κ1) is 31.0. The summed E-state index contributed by atoms with van der Waals surface area (Å²) in [7, 11) is 1.30. The van der Waals surface area contributed by atoms with Crippen molar-refractivity contribution in [3.05, 3.63) is 39.4 Å². The summed E-state index contributed by atoms with van der Waals surface area (Å²) >= 11 is 6.50. The van der Waals surface area contributed by atoms with Crippen LogP contribution in [-0.4, -0.2) is 80.5 Å². The van der Waals surface area contributed by atoms with E-state index in [1.54, 1.807) is 6.92 Å². The Morgan fingerprint density at radius 2 is 2.07 bits per heavy atom. The molecule has 11 nitrogen and oxygen atoms in total. The predicted octanol–water partition coefficient (Wildman–Crippen LogP) is 3.69. The van der Waals surface area contributed by atoms with Crippen molar-refractivity contribution in [1.82, 2.24) is 24.8 Å². The Hall–Kier alpha value is -3.39. The van der Waals surface area contributed by atoms with Crippen molar-refractivity contribution in [3.63, 3.8) is 0 Å². The number of aromatic nitrogens is 3. The highest BCUT2D eigenvalue weighted by molar-refractivity contribution is 6.31. The summed E-state index contributed by atoms with van der Waals surface area (Å²) in [5.74, 6) is -3.85. The summed E-state index contributed by atoms with van der Waals surface area (Å²) < 4.78 is 55.0. The number of aryl methyl sites for hydroxylation is 1. The molecule has 2 unspecified atom stereocenters. The lowest BCUT2D eigenvalue weighted by molar-refractivity contribution is -0.163. The Labute approximate surface area is 250 Å². The summed E-state index contributed by atoms with van der Waals surface area (Å²) in [6.45, 7) is 1.43. The molecular formula is C28H33ClF3N5O6. The maximum Gasteiger partial charge on any atom is 0.310 e. The minimum Gasteiger partial charge on any atom is -0.484 e. The van der Waals surface area contributed by atoms with E-state index in [-0.39, 0.29) is 67.2 Å². The van der Waals surface area contributed by atoms with Gasteiger partial charge in [0.25, 0.3) is 6.43 Å². The average molecular weight is 628 g/mol. The van der Waals surface area contributed by atoms with Gasteiger partial charge in [0, 0.05) is 37.3 Å². The van der Waals surface area contributed by atoms with Gasteiger partial charge in [-0.15, -0.1) is 5.10 Å². The van der Waals surface area contributed by atoms with Gasteiger partial charge in [0.1, 0.15) is 24.6 Å². The maximum absolute atomic E-state index is 15.7. The third-order valence-electron chi connectivity index (χ3n) is 8.90. The maximum atomic E-state index is 15.7. The van der Waals surface area contributed by atoms with E-state index in [1.165, 1.54) is 16.8 Å².